The minimum Gasteiger partial charge on any atom is -0.458 e. The number of fused-ring (bicyclic) bond motifs is 4. The normalized spacial score (nSPS) is 16.6. The molecule has 0 radical (unpaired) electrons. The van der Waals surface area contributed by atoms with Gasteiger partial charge < -0.3 is 9.84 Å². The van der Waals surface area contributed by atoms with E-state index in [4.69, 9.17) is 4.74 Å². The van der Waals surface area contributed by atoms with Gasteiger partial charge in [0, 0.05) is 5.56 Å². The predicted molar refractivity (Wildman–Crippen MR) is 70.6 cm³/mol. The van der Waals surface area contributed by atoms with Crippen molar-refractivity contribution >= 4 is 11.0 Å². The Morgan fingerprint density at radius 2 is 1.58 bits per heavy atom. The molecule has 0 fully saturated rings. The van der Waals surface area contributed by atoms with Crippen molar-refractivity contribution in [3.05, 3.63) is 54.2 Å². The number of aliphatic hydroxyl groups excluding tert-OH is 1. The fourth-order valence-corrected chi connectivity index (χ4v) is 2.33. The third-order valence-electron chi connectivity index (χ3n) is 3.21. The maximum Gasteiger partial charge on any atom is 0.243 e. The van der Waals surface area contributed by atoms with E-state index in [1.807, 2.05) is 48.5 Å². The predicted octanol–water partition coefficient (Wildman–Crippen LogP) is 2.68. The monoisotopic (exact) mass is 250 g/mol. The molecule has 4 heteroatoms. The second-order valence-corrected chi connectivity index (χ2v) is 4.41. The number of hydrogen-bond acceptors (Lipinski definition) is 4. The van der Waals surface area contributed by atoms with Gasteiger partial charge in [-0.15, -0.1) is 0 Å². The molecule has 1 aliphatic rings. The van der Waals surface area contributed by atoms with Gasteiger partial charge in [0.25, 0.3) is 0 Å². The van der Waals surface area contributed by atoms with E-state index >= 15 is 0 Å². The second-order valence-electron chi connectivity index (χ2n) is 4.41. The zero-order valence-electron chi connectivity index (χ0n) is 9.95. The van der Waals surface area contributed by atoms with Gasteiger partial charge in [0.2, 0.25) is 6.29 Å². The standard InChI is InChI=1S/C15H10N2O2/c18-15-14-13(9-5-1-4-8-12(9)19-15)16-10-6-2-3-7-11(10)17-14/h1-8,15,18H. The number of rotatable bonds is 0. The lowest BCUT2D eigenvalue weighted by Crippen LogP contribution is -2.16. The van der Waals surface area contributed by atoms with E-state index in [9.17, 15) is 5.11 Å². The molecule has 2 aromatic carbocycles. The van der Waals surface area contributed by atoms with Gasteiger partial charge in [-0.05, 0) is 24.3 Å². The van der Waals surface area contributed by atoms with Crippen LogP contribution in [0.4, 0.5) is 0 Å². The highest BCUT2D eigenvalue weighted by atomic mass is 16.6. The van der Waals surface area contributed by atoms with E-state index in [2.05, 4.69) is 9.97 Å². The molecule has 19 heavy (non-hydrogen) atoms. The summed E-state index contributed by atoms with van der Waals surface area (Å²) in [5.74, 6) is 0.632. The number of aromatic nitrogens is 2. The summed E-state index contributed by atoms with van der Waals surface area (Å²) >= 11 is 0. The minimum atomic E-state index is -1.07. The third-order valence-corrected chi connectivity index (χ3v) is 3.21. The fraction of sp³-hybridized carbons (Fsp3) is 0.0667. The first-order valence-corrected chi connectivity index (χ1v) is 6.04. The highest BCUT2D eigenvalue weighted by Crippen LogP contribution is 2.39. The van der Waals surface area contributed by atoms with Crippen LogP contribution in [0.2, 0.25) is 0 Å². The molecule has 2 heterocycles. The molecule has 4 nitrogen and oxygen atoms in total. The minimum absolute atomic E-state index is 0.470. The highest BCUT2D eigenvalue weighted by Gasteiger charge is 2.27. The molecule has 4 rings (SSSR count). The van der Waals surface area contributed by atoms with Gasteiger partial charge in [-0.1, -0.05) is 24.3 Å². The van der Waals surface area contributed by atoms with Crippen molar-refractivity contribution in [1.82, 2.24) is 9.97 Å². The molecule has 0 saturated heterocycles. The molecule has 0 amide bonds. The van der Waals surface area contributed by atoms with Gasteiger partial charge in [-0.2, -0.15) is 0 Å². The summed E-state index contributed by atoms with van der Waals surface area (Å²) in [4.78, 5) is 9.06. The molecular formula is C15H10N2O2. The first-order chi connectivity index (χ1) is 9.33. The Kier molecular flexibility index (Phi) is 2.07. The quantitative estimate of drug-likeness (QED) is 0.666. The average Bonchev–Trinajstić information content (AvgIpc) is 2.46. The number of nitrogens with zero attached hydrogens (tertiary/aromatic N) is 2. The Hall–Kier alpha value is -2.46. The Labute approximate surface area is 109 Å². The summed E-state index contributed by atoms with van der Waals surface area (Å²) in [5.41, 5.74) is 3.58. The van der Waals surface area contributed by atoms with E-state index < -0.39 is 6.29 Å². The summed E-state index contributed by atoms with van der Waals surface area (Å²) in [7, 11) is 0. The zero-order valence-corrected chi connectivity index (χ0v) is 9.95. The van der Waals surface area contributed by atoms with Crippen LogP contribution in [0.25, 0.3) is 22.3 Å². The molecule has 0 bridgehead atoms. The molecule has 1 atom stereocenters. The van der Waals surface area contributed by atoms with Gasteiger partial charge >= 0.3 is 0 Å². The van der Waals surface area contributed by atoms with Crippen LogP contribution in [0.15, 0.2) is 48.5 Å². The van der Waals surface area contributed by atoms with Crippen molar-refractivity contribution in [3.8, 4) is 17.0 Å². The summed E-state index contributed by atoms with van der Waals surface area (Å²) in [6, 6.07) is 15.1. The van der Waals surface area contributed by atoms with Gasteiger partial charge in [-0.25, -0.2) is 9.97 Å². The Morgan fingerprint density at radius 3 is 2.42 bits per heavy atom. The average molecular weight is 250 g/mol. The molecule has 1 aromatic heterocycles. The SMILES string of the molecule is OC1Oc2ccccc2-c2nc3ccccc3nc21. The van der Waals surface area contributed by atoms with Crippen LogP contribution >= 0.6 is 0 Å². The van der Waals surface area contributed by atoms with E-state index in [0.717, 1.165) is 16.6 Å². The van der Waals surface area contributed by atoms with Crippen molar-refractivity contribution in [2.75, 3.05) is 0 Å². The van der Waals surface area contributed by atoms with Crippen molar-refractivity contribution in [3.63, 3.8) is 0 Å². The lowest BCUT2D eigenvalue weighted by Gasteiger charge is -2.23. The molecular weight excluding hydrogens is 240 g/mol. The molecule has 1 N–H and O–H groups in total. The summed E-state index contributed by atoms with van der Waals surface area (Å²) in [6.45, 7) is 0. The van der Waals surface area contributed by atoms with Crippen molar-refractivity contribution in [2.24, 2.45) is 0 Å². The van der Waals surface area contributed by atoms with E-state index in [-0.39, 0.29) is 0 Å². The molecule has 0 aliphatic carbocycles. The van der Waals surface area contributed by atoms with Crippen molar-refractivity contribution in [1.29, 1.82) is 0 Å². The number of aliphatic hydroxyl groups is 1. The molecule has 3 aromatic rings. The highest BCUT2D eigenvalue weighted by molar-refractivity contribution is 5.80. The maximum absolute atomic E-state index is 10.0. The topological polar surface area (TPSA) is 55.2 Å². The lowest BCUT2D eigenvalue weighted by atomic mass is 10.1. The molecule has 1 aliphatic heterocycles. The van der Waals surface area contributed by atoms with Crippen LogP contribution < -0.4 is 4.74 Å². The number of ether oxygens (including phenoxy) is 1. The van der Waals surface area contributed by atoms with Crippen LogP contribution in [0.1, 0.15) is 12.0 Å². The largest absolute Gasteiger partial charge is 0.458 e. The number of para-hydroxylation sites is 3. The Morgan fingerprint density at radius 1 is 0.895 bits per heavy atom. The summed E-state index contributed by atoms with van der Waals surface area (Å²) in [5, 5.41) is 10.0. The molecule has 92 valence electrons. The van der Waals surface area contributed by atoms with Crippen LogP contribution in [-0.4, -0.2) is 15.1 Å². The zero-order chi connectivity index (χ0) is 12.8. The first kappa shape index (κ1) is 10.5. The number of benzene rings is 2. The Balaban J connectivity index is 2.08. The first-order valence-electron chi connectivity index (χ1n) is 6.04. The van der Waals surface area contributed by atoms with Crippen molar-refractivity contribution in [2.45, 2.75) is 6.29 Å². The van der Waals surface area contributed by atoms with E-state index in [0.29, 0.717) is 17.1 Å². The van der Waals surface area contributed by atoms with Crippen LogP contribution in [-0.2, 0) is 0 Å². The van der Waals surface area contributed by atoms with Crippen LogP contribution in [0.3, 0.4) is 0 Å². The van der Waals surface area contributed by atoms with Gasteiger partial charge in [0.15, 0.2) is 0 Å². The van der Waals surface area contributed by atoms with Crippen LogP contribution in [0, 0.1) is 0 Å². The second kappa shape index (κ2) is 3.76. The third kappa shape index (κ3) is 1.50. The van der Waals surface area contributed by atoms with Crippen molar-refractivity contribution < 1.29 is 9.84 Å². The number of hydrogen-bond donors (Lipinski definition) is 1. The van der Waals surface area contributed by atoms with Gasteiger partial charge in [0.1, 0.15) is 17.1 Å². The van der Waals surface area contributed by atoms with E-state index in [1.165, 1.54) is 0 Å². The smallest absolute Gasteiger partial charge is 0.243 e. The van der Waals surface area contributed by atoms with Gasteiger partial charge in [-0.3, -0.25) is 0 Å². The Bertz CT molecular complexity index is 786. The molecule has 0 spiro atoms. The molecule has 1 unspecified atom stereocenters. The van der Waals surface area contributed by atoms with E-state index in [1.54, 1.807) is 0 Å². The fourth-order valence-electron chi connectivity index (χ4n) is 2.33. The lowest BCUT2D eigenvalue weighted by molar-refractivity contribution is -0.0248. The van der Waals surface area contributed by atoms with Crippen LogP contribution in [0.5, 0.6) is 5.75 Å². The van der Waals surface area contributed by atoms with Gasteiger partial charge in [0.05, 0.1) is 11.0 Å². The summed E-state index contributed by atoms with van der Waals surface area (Å²) < 4.78 is 5.46. The maximum atomic E-state index is 10.0. The molecule has 0 saturated carbocycles. The summed E-state index contributed by atoms with van der Waals surface area (Å²) in [6.07, 6.45) is -1.07.